The summed E-state index contributed by atoms with van der Waals surface area (Å²) >= 11 is 0. The highest BCUT2D eigenvalue weighted by molar-refractivity contribution is 4.83. The lowest BCUT2D eigenvalue weighted by Crippen LogP contribution is -2.31. The molecule has 0 heterocycles. The van der Waals surface area contributed by atoms with Gasteiger partial charge in [0, 0.05) is 0 Å². The van der Waals surface area contributed by atoms with Gasteiger partial charge < -0.3 is 0 Å². The van der Waals surface area contributed by atoms with Crippen LogP contribution in [0.15, 0.2) is 0 Å². The molecule has 0 rings (SSSR count). The maximum absolute atomic E-state index is 2.43. The third kappa shape index (κ3) is 6.82. The molecule has 0 radical (unpaired) electrons. The molecule has 19 heavy (non-hydrogen) atoms. The molecule has 0 bridgehead atoms. The highest BCUT2D eigenvalue weighted by Crippen LogP contribution is 2.43. The molecule has 0 aliphatic heterocycles. The summed E-state index contributed by atoms with van der Waals surface area (Å²) in [5.74, 6) is 2.38. The first-order valence-corrected chi connectivity index (χ1v) is 8.15. The molecule has 0 heteroatoms. The molecule has 0 amide bonds. The zero-order chi connectivity index (χ0) is 15.6. The smallest absolute Gasteiger partial charge is 0.0354 e. The Morgan fingerprint density at radius 2 is 0.789 bits per heavy atom. The van der Waals surface area contributed by atoms with Gasteiger partial charge >= 0.3 is 0 Å². The Balaban J connectivity index is 4.87. The fourth-order valence-electron chi connectivity index (χ4n) is 2.36. The molecule has 0 aromatic rings. The minimum atomic E-state index is 0.416. The summed E-state index contributed by atoms with van der Waals surface area (Å²) in [5.41, 5.74) is 1.27. The molecule has 0 aromatic heterocycles. The van der Waals surface area contributed by atoms with Crippen LogP contribution >= 0.6 is 0 Å². The second-order valence-corrected chi connectivity index (χ2v) is 10.1. The van der Waals surface area contributed by atoms with Crippen molar-refractivity contribution in [3.8, 4) is 0 Å². The van der Waals surface area contributed by atoms with E-state index in [1.807, 2.05) is 0 Å². The Hall–Kier alpha value is 0. The largest absolute Gasteiger partial charge is 0.0620 e. The zero-order valence-corrected chi connectivity index (χ0v) is 15.6. The highest BCUT2D eigenvalue weighted by Gasteiger charge is 2.33. The van der Waals surface area contributed by atoms with E-state index < -0.39 is 0 Å². The lowest BCUT2D eigenvalue weighted by atomic mass is 9.65. The molecule has 0 fully saturated rings. The summed E-state index contributed by atoms with van der Waals surface area (Å²) < 4.78 is 0. The van der Waals surface area contributed by atoms with Gasteiger partial charge in [-0.15, -0.1) is 0 Å². The van der Waals surface area contributed by atoms with Crippen molar-refractivity contribution in [2.75, 3.05) is 0 Å². The quantitative estimate of drug-likeness (QED) is 0.526. The minimum absolute atomic E-state index is 0.416. The van der Waals surface area contributed by atoms with Crippen molar-refractivity contribution < 1.29 is 0 Å². The van der Waals surface area contributed by atoms with Gasteiger partial charge in [-0.2, -0.15) is 0 Å². The summed E-state index contributed by atoms with van der Waals surface area (Å²) in [5, 5.41) is 0. The lowest BCUT2D eigenvalue weighted by molar-refractivity contribution is 0.0981. The van der Waals surface area contributed by atoms with Crippen LogP contribution in [0.2, 0.25) is 0 Å². The first-order chi connectivity index (χ1) is 8.15. The van der Waals surface area contributed by atoms with Gasteiger partial charge in [-0.1, -0.05) is 76.2 Å². The molecule has 0 aliphatic carbocycles. The maximum atomic E-state index is 2.43. The van der Waals surface area contributed by atoms with E-state index in [4.69, 9.17) is 0 Å². The fraction of sp³-hybridized carbons (Fsp3) is 1.00. The molecule has 0 saturated carbocycles. The average molecular weight is 269 g/mol. The second kappa shape index (κ2) is 6.19. The number of hydrogen-bond donors (Lipinski definition) is 0. The summed E-state index contributed by atoms with van der Waals surface area (Å²) in [6, 6.07) is 0. The molecule has 0 spiro atoms. The molecule has 1 unspecified atom stereocenters. The number of rotatable bonds is 4. The van der Waals surface area contributed by atoms with Crippen LogP contribution in [0, 0.1) is 34.0 Å². The zero-order valence-electron chi connectivity index (χ0n) is 15.6. The van der Waals surface area contributed by atoms with Crippen LogP contribution in [0.25, 0.3) is 0 Å². The van der Waals surface area contributed by atoms with Crippen LogP contribution in [0.1, 0.15) is 89.0 Å². The van der Waals surface area contributed by atoms with Gasteiger partial charge in [-0.25, -0.2) is 0 Å². The van der Waals surface area contributed by atoms with E-state index in [-0.39, 0.29) is 0 Å². The minimum Gasteiger partial charge on any atom is -0.0620 e. The third-order valence-corrected chi connectivity index (χ3v) is 5.46. The first-order valence-electron chi connectivity index (χ1n) is 8.15. The predicted octanol–water partition coefficient (Wildman–Crippen LogP) is 6.79. The van der Waals surface area contributed by atoms with Gasteiger partial charge in [0.15, 0.2) is 0 Å². The van der Waals surface area contributed by atoms with Crippen LogP contribution in [0.3, 0.4) is 0 Å². The van der Waals surface area contributed by atoms with E-state index in [9.17, 15) is 0 Å². The summed E-state index contributed by atoms with van der Waals surface area (Å²) in [6.45, 7) is 26.4. The molecular weight excluding hydrogens is 228 g/mol. The molecule has 0 aliphatic rings. The molecule has 116 valence electrons. The van der Waals surface area contributed by atoms with E-state index in [0.717, 1.165) is 17.8 Å². The van der Waals surface area contributed by atoms with Crippen LogP contribution in [0.5, 0.6) is 0 Å². The second-order valence-electron chi connectivity index (χ2n) is 10.1. The molecule has 0 N–H and O–H groups in total. The summed E-state index contributed by atoms with van der Waals surface area (Å²) in [6.07, 6.45) is 2.71. The molecule has 3 atom stereocenters. The Bertz CT molecular complexity index is 231. The van der Waals surface area contributed by atoms with E-state index in [0.29, 0.717) is 16.2 Å². The van der Waals surface area contributed by atoms with Crippen molar-refractivity contribution in [1.29, 1.82) is 0 Å². The number of hydrogen-bond acceptors (Lipinski definition) is 0. The van der Waals surface area contributed by atoms with Crippen molar-refractivity contribution in [1.82, 2.24) is 0 Å². The van der Waals surface area contributed by atoms with E-state index in [2.05, 4.69) is 76.2 Å². The van der Waals surface area contributed by atoms with Crippen molar-refractivity contribution in [2.45, 2.75) is 89.0 Å². The van der Waals surface area contributed by atoms with Crippen molar-refractivity contribution in [3.05, 3.63) is 0 Å². The molecular formula is C19H40. The van der Waals surface area contributed by atoms with E-state index >= 15 is 0 Å². The standard InChI is InChI=1S/C19H40/c1-14(17(3,4)5)12-16(19(9,10)11)13-15(2)18(6,7)8/h14-16H,12-13H2,1-11H3/t14-,15+,16?. The van der Waals surface area contributed by atoms with Crippen LogP contribution < -0.4 is 0 Å². The average Bonchev–Trinajstić information content (AvgIpc) is 2.11. The van der Waals surface area contributed by atoms with Gasteiger partial charge in [0.2, 0.25) is 0 Å². The van der Waals surface area contributed by atoms with Gasteiger partial charge in [0.05, 0.1) is 0 Å². The van der Waals surface area contributed by atoms with Crippen molar-refractivity contribution in [3.63, 3.8) is 0 Å². The monoisotopic (exact) mass is 268 g/mol. The van der Waals surface area contributed by atoms with Gasteiger partial charge in [-0.3, -0.25) is 0 Å². The van der Waals surface area contributed by atoms with Gasteiger partial charge in [0.1, 0.15) is 0 Å². The van der Waals surface area contributed by atoms with Crippen LogP contribution in [-0.4, -0.2) is 0 Å². The Kier molecular flexibility index (Phi) is 6.19. The SMILES string of the molecule is C[C@H](CC(C[C@H](C)C(C)(C)C)C(C)(C)C)C(C)(C)C. The lowest BCUT2D eigenvalue weighted by Gasteiger charge is -2.40. The van der Waals surface area contributed by atoms with Crippen molar-refractivity contribution >= 4 is 0 Å². The fourth-order valence-corrected chi connectivity index (χ4v) is 2.36. The van der Waals surface area contributed by atoms with E-state index in [1.54, 1.807) is 0 Å². The molecule has 0 saturated heterocycles. The topological polar surface area (TPSA) is 0 Å². The van der Waals surface area contributed by atoms with Crippen LogP contribution in [0.4, 0.5) is 0 Å². The first kappa shape index (κ1) is 19.0. The van der Waals surface area contributed by atoms with Gasteiger partial charge in [0.25, 0.3) is 0 Å². The van der Waals surface area contributed by atoms with Gasteiger partial charge in [-0.05, 0) is 46.8 Å². The van der Waals surface area contributed by atoms with Crippen molar-refractivity contribution in [2.24, 2.45) is 34.0 Å². The Labute approximate surface area is 123 Å². The summed E-state index contributed by atoms with van der Waals surface area (Å²) in [4.78, 5) is 0. The third-order valence-electron chi connectivity index (χ3n) is 5.46. The Morgan fingerprint density at radius 3 is 0.947 bits per heavy atom. The predicted molar refractivity (Wildman–Crippen MR) is 89.4 cm³/mol. The molecule has 0 nitrogen and oxygen atoms in total. The van der Waals surface area contributed by atoms with Crippen LogP contribution in [-0.2, 0) is 0 Å². The maximum Gasteiger partial charge on any atom is -0.0354 e. The Morgan fingerprint density at radius 1 is 0.526 bits per heavy atom. The highest BCUT2D eigenvalue weighted by atomic mass is 14.4. The van der Waals surface area contributed by atoms with E-state index in [1.165, 1.54) is 12.8 Å². The summed E-state index contributed by atoms with van der Waals surface area (Å²) in [7, 11) is 0. The molecule has 0 aromatic carbocycles. The normalized spacial score (nSPS) is 19.1.